The summed E-state index contributed by atoms with van der Waals surface area (Å²) in [5.41, 5.74) is 1.18. The number of halogens is 3. The highest BCUT2D eigenvalue weighted by Crippen LogP contribution is 2.39. The second-order valence-electron chi connectivity index (χ2n) is 8.49. The highest BCUT2D eigenvalue weighted by atomic mass is 32.1. The van der Waals surface area contributed by atoms with Crippen molar-refractivity contribution in [1.82, 2.24) is 19.9 Å². The molecule has 1 saturated carbocycles. The van der Waals surface area contributed by atoms with Crippen molar-refractivity contribution in [3.05, 3.63) is 59.0 Å². The average Bonchev–Trinajstić information content (AvgIpc) is 3.33. The summed E-state index contributed by atoms with van der Waals surface area (Å²) in [7, 11) is 0. The monoisotopic (exact) mass is 474 g/mol. The van der Waals surface area contributed by atoms with Crippen LogP contribution in [0.4, 0.5) is 13.2 Å². The van der Waals surface area contributed by atoms with Crippen LogP contribution in [0.3, 0.4) is 0 Å². The quantitative estimate of drug-likeness (QED) is 0.532. The number of aromatic nitrogens is 3. The van der Waals surface area contributed by atoms with Crippen LogP contribution in [-0.2, 0) is 6.18 Å². The first-order chi connectivity index (χ1) is 15.8. The topological polar surface area (TPSA) is 68.2 Å². The number of pyridine rings is 2. The predicted molar refractivity (Wildman–Crippen MR) is 116 cm³/mol. The molecule has 2 bridgehead atoms. The van der Waals surface area contributed by atoms with E-state index in [0.717, 1.165) is 42.1 Å². The standard InChI is InChI=1S/C23H21F3N4O2S/c1-13-8-16(21-27-6-7-33-21)20(29-10-13)22(31)30-12-14-2-4-17(30)18(9-14)32-19-5-3-15(11-28-19)23(24,25)26/h3,5-8,10-11,14,17-18H,2,4,9,12H2,1H3. The Hall–Kier alpha value is -3.01. The molecule has 1 aliphatic carbocycles. The maximum absolute atomic E-state index is 13.6. The van der Waals surface area contributed by atoms with Gasteiger partial charge in [-0.1, -0.05) is 0 Å². The zero-order chi connectivity index (χ0) is 23.2. The van der Waals surface area contributed by atoms with Gasteiger partial charge in [0.05, 0.1) is 11.6 Å². The van der Waals surface area contributed by atoms with Crippen LogP contribution in [0, 0.1) is 12.8 Å². The van der Waals surface area contributed by atoms with E-state index in [0.29, 0.717) is 17.8 Å². The number of carbonyl (C=O) groups is 1. The van der Waals surface area contributed by atoms with Crippen molar-refractivity contribution in [3.63, 3.8) is 0 Å². The van der Waals surface area contributed by atoms with E-state index in [1.807, 2.05) is 18.4 Å². The Morgan fingerprint density at radius 1 is 1.18 bits per heavy atom. The van der Waals surface area contributed by atoms with Gasteiger partial charge in [0.2, 0.25) is 5.88 Å². The molecule has 3 atom stereocenters. The fraction of sp³-hybridized carbons (Fsp3) is 0.391. The highest BCUT2D eigenvalue weighted by molar-refractivity contribution is 7.13. The van der Waals surface area contributed by atoms with E-state index in [4.69, 9.17) is 4.74 Å². The fourth-order valence-corrected chi connectivity index (χ4v) is 5.31. The summed E-state index contributed by atoms with van der Waals surface area (Å²) >= 11 is 1.45. The minimum Gasteiger partial charge on any atom is -0.472 e. The van der Waals surface area contributed by atoms with E-state index >= 15 is 0 Å². The van der Waals surface area contributed by atoms with E-state index < -0.39 is 11.7 Å². The van der Waals surface area contributed by atoms with Gasteiger partial charge < -0.3 is 9.64 Å². The van der Waals surface area contributed by atoms with Crippen LogP contribution in [0.5, 0.6) is 5.88 Å². The molecule has 3 unspecified atom stereocenters. The molecule has 0 spiro atoms. The largest absolute Gasteiger partial charge is 0.472 e. The van der Waals surface area contributed by atoms with Gasteiger partial charge in [-0.2, -0.15) is 13.2 Å². The summed E-state index contributed by atoms with van der Waals surface area (Å²) < 4.78 is 44.5. The number of hydrogen-bond acceptors (Lipinski definition) is 6. The van der Waals surface area contributed by atoms with Gasteiger partial charge in [0.25, 0.3) is 5.91 Å². The smallest absolute Gasteiger partial charge is 0.417 e. The normalized spacial score (nSPS) is 22.4. The number of alkyl halides is 3. The SMILES string of the molecule is Cc1cnc(C(=O)N2CC3CCC2C(Oc2ccc(C(F)(F)F)cn2)C3)c(-c2nccs2)c1. The number of rotatable bonds is 4. The van der Waals surface area contributed by atoms with Crippen LogP contribution in [-0.4, -0.2) is 44.4 Å². The van der Waals surface area contributed by atoms with Crippen molar-refractivity contribution < 1.29 is 22.7 Å². The number of ether oxygens (including phenoxy) is 1. The Balaban J connectivity index is 1.39. The molecular weight excluding hydrogens is 453 g/mol. The molecule has 2 aliphatic heterocycles. The molecule has 33 heavy (non-hydrogen) atoms. The molecule has 6 rings (SSSR count). The van der Waals surface area contributed by atoms with E-state index in [9.17, 15) is 18.0 Å². The second kappa shape index (κ2) is 8.40. The minimum atomic E-state index is -4.45. The Kier molecular flexibility index (Phi) is 5.55. The molecule has 0 radical (unpaired) electrons. The number of thiazole rings is 1. The molecule has 3 aliphatic rings. The summed E-state index contributed by atoms with van der Waals surface area (Å²) in [6, 6.07) is 3.92. The molecule has 10 heteroatoms. The zero-order valence-electron chi connectivity index (χ0n) is 17.7. The molecule has 0 N–H and O–H groups in total. The molecule has 5 heterocycles. The van der Waals surface area contributed by atoms with E-state index in [-0.39, 0.29) is 29.9 Å². The number of aryl methyl sites for hydroxylation is 1. The van der Waals surface area contributed by atoms with Crippen molar-refractivity contribution in [2.45, 2.75) is 44.5 Å². The lowest BCUT2D eigenvalue weighted by Crippen LogP contribution is -2.59. The molecule has 0 aromatic carbocycles. The molecule has 172 valence electrons. The molecule has 3 aromatic heterocycles. The Bertz CT molecular complexity index is 1150. The number of fused-ring (bicyclic) bond motifs is 3. The van der Waals surface area contributed by atoms with Gasteiger partial charge in [-0.15, -0.1) is 11.3 Å². The van der Waals surface area contributed by atoms with Gasteiger partial charge in [0.1, 0.15) is 16.8 Å². The third kappa shape index (κ3) is 4.31. The Labute approximate surface area is 192 Å². The van der Waals surface area contributed by atoms with Crippen molar-refractivity contribution in [1.29, 1.82) is 0 Å². The van der Waals surface area contributed by atoms with Gasteiger partial charge in [-0.3, -0.25) is 9.78 Å². The van der Waals surface area contributed by atoms with Crippen molar-refractivity contribution in [2.24, 2.45) is 5.92 Å². The Morgan fingerprint density at radius 3 is 2.70 bits per heavy atom. The van der Waals surface area contributed by atoms with Crippen LogP contribution in [0.1, 0.15) is 40.9 Å². The number of carbonyl (C=O) groups excluding carboxylic acids is 1. The first-order valence-electron chi connectivity index (χ1n) is 10.7. The van der Waals surface area contributed by atoms with Gasteiger partial charge in [-0.05, 0) is 49.8 Å². The summed E-state index contributed by atoms with van der Waals surface area (Å²) in [5, 5.41) is 2.59. The lowest BCUT2D eigenvalue weighted by molar-refractivity contribution is -0.137. The van der Waals surface area contributed by atoms with Gasteiger partial charge >= 0.3 is 6.18 Å². The third-order valence-electron chi connectivity index (χ3n) is 6.21. The van der Waals surface area contributed by atoms with Gasteiger partial charge in [-0.25, -0.2) is 9.97 Å². The minimum absolute atomic E-state index is 0.130. The lowest BCUT2D eigenvalue weighted by atomic mass is 9.77. The average molecular weight is 475 g/mol. The van der Waals surface area contributed by atoms with Crippen LogP contribution >= 0.6 is 11.3 Å². The molecule has 3 aromatic rings. The fourth-order valence-electron chi connectivity index (χ4n) is 4.66. The molecular formula is C23H21F3N4O2S. The van der Waals surface area contributed by atoms with Gasteiger partial charge in [0, 0.05) is 42.1 Å². The van der Waals surface area contributed by atoms with Crippen molar-refractivity contribution in [3.8, 4) is 16.5 Å². The maximum atomic E-state index is 13.6. The van der Waals surface area contributed by atoms with Crippen molar-refractivity contribution in [2.75, 3.05) is 6.54 Å². The third-order valence-corrected chi connectivity index (χ3v) is 7.01. The van der Waals surface area contributed by atoms with E-state index in [1.54, 1.807) is 17.3 Å². The summed E-state index contributed by atoms with van der Waals surface area (Å²) in [6.07, 6.45) is 1.84. The maximum Gasteiger partial charge on any atom is 0.417 e. The number of amides is 1. The van der Waals surface area contributed by atoms with Crippen LogP contribution < -0.4 is 4.74 Å². The first-order valence-corrected chi connectivity index (χ1v) is 11.5. The number of nitrogens with zero attached hydrogens (tertiary/aromatic N) is 4. The van der Waals surface area contributed by atoms with Gasteiger partial charge in [0.15, 0.2) is 0 Å². The summed E-state index contributed by atoms with van der Waals surface area (Å²) in [5.74, 6) is 0.209. The zero-order valence-corrected chi connectivity index (χ0v) is 18.6. The van der Waals surface area contributed by atoms with Crippen LogP contribution in [0.15, 0.2) is 42.2 Å². The van der Waals surface area contributed by atoms with E-state index in [1.165, 1.54) is 17.4 Å². The van der Waals surface area contributed by atoms with Crippen molar-refractivity contribution >= 4 is 17.2 Å². The molecule has 1 amide bonds. The summed E-state index contributed by atoms with van der Waals surface area (Å²) in [4.78, 5) is 28.1. The lowest BCUT2D eigenvalue weighted by Gasteiger charge is -2.49. The number of piperidine rings is 2. The Morgan fingerprint density at radius 2 is 2.03 bits per heavy atom. The molecule has 2 saturated heterocycles. The van der Waals surface area contributed by atoms with Crippen LogP contribution in [0.2, 0.25) is 0 Å². The number of hydrogen-bond donors (Lipinski definition) is 0. The molecule has 3 fully saturated rings. The van der Waals surface area contributed by atoms with Crippen LogP contribution in [0.25, 0.3) is 10.6 Å². The summed E-state index contributed by atoms with van der Waals surface area (Å²) in [6.45, 7) is 2.53. The predicted octanol–water partition coefficient (Wildman–Crippen LogP) is 5.00. The molecule has 6 nitrogen and oxygen atoms in total. The first kappa shape index (κ1) is 21.8. The second-order valence-corrected chi connectivity index (χ2v) is 9.38. The highest BCUT2D eigenvalue weighted by Gasteiger charge is 2.45. The van der Waals surface area contributed by atoms with E-state index in [2.05, 4.69) is 15.0 Å².